The summed E-state index contributed by atoms with van der Waals surface area (Å²) in [5.41, 5.74) is 1.50. The van der Waals surface area contributed by atoms with E-state index in [1.807, 2.05) is 12.1 Å². The number of hydrogen-bond acceptors (Lipinski definition) is 3. The van der Waals surface area contributed by atoms with Crippen LogP contribution in [0.5, 0.6) is 0 Å². The standard InChI is InChI=1S/C13H14N2O4/c1-14(8-12(17)18)11(16)7-15-6-9-4-2-3-5-10(9)13(15)19/h2-5H,6-8H2,1H3,(H,17,18). The molecule has 1 aliphatic heterocycles. The summed E-state index contributed by atoms with van der Waals surface area (Å²) in [4.78, 5) is 36.9. The van der Waals surface area contributed by atoms with Crippen LogP contribution in [-0.4, -0.2) is 52.8 Å². The number of amides is 2. The average molecular weight is 262 g/mol. The average Bonchev–Trinajstić information content (AvgIpc) is 2.66. The van der Waals surface area contributed by atoms with Crippen molar-refractivity contribution in [1.29, 1.82) is 0 Å². The van der Waals surface area contributed by atoms with Crippen LogP contribution in [0, 0.1) is 0 Å². The lowest BCUT2D eigenvalue weighted by molar-refractivity contribution is -0.143. The molecule has 0 bridgehead atoms. The van der Waals surface area contributed by atoms with Gasteiger partial charge in [0.05, 0.1) is 0 Å². The lowest BCUT2D eigenvalue weighted by atomic mass is 10.1. The number of benzene rings is 1. The largest absolute Gasteiger partial charge is 0.480 e. The number of rotatable bonds is 4. The molecule has 2 rings (SSSR count). The topological polar surface area (TPSA) is 77.9 Å². The fourth-order valence-electron chi connectivity index (χ4n) is 2.02. The smallest absolute Gasteiger partial charge is 0.323 e. The maximum atomic E-state index is 12.0. The highest BCUT2D eigenvalue weighted by molar-refractivity contribution is 6.00. The third-order valence-electron chi connectivity index (χ3n) is 3.02. The number of carbonyl (C=O) groups is 3. The minimum absolute atomic E-state index is 0.0999. The summed E-state index contributed by atoms with van der Waals surface area (Å²) >= 11 is 0. The summed E-state index contributed by atoms with van der Waals surface area (Å²) in [6, 6.07) is 7.19. The normalized spacial score (nSPS) is 13.3. The van der Waals surface area contributed by atoms with Crippen LogP contribution in [0.25, 0.3) is 0 Å². The van der Waals surface area contributed by atoms with Gasteiger partial charge >= 0.3 is 5.97 Å². The molecule has 0 radical (unpaired) electrons. The van der Waals surface area contributed by atoms with Gasteiger partial charge in [0.1, 0.15) is 13.1 Å². The van der Waals surface area contributed by atoms with Crippen molar-refractivity contribution in [2.24, 2.45) is 0 Å². The molecule has 19 heavy (non-hydrogen) atoms. The van der Waals surface area contributed by atoms with Crippen LogP contribution in [0.15, 0.2) is 24.3 Å². The van der Waals surface area contributed by atoms with E-state index in [4.69, 9.17) is 5.11 Å². The van der Waals surface area contributed by atoms with Crippen molar-refractivity contribution in [2.75, 3.05) is 20.1 Å². The van der Waals surface area contributed by atoms with E-state index in [-0.39, 0.29) is 24.9 Å². The van der Waals surface area contributed by atoms with Crippen molar-refractivity contribution in [1.82, 2.24) is 9.80 Å². The lowest BCUT2D eigenvalue weighted by Crippen LogP contribution is -2.40. The summed E-state index contributed by atoms with van der Waals surface area (Å²) in [6.07, 6.45) is 0. The Labute approximate surface area is 110 Å². The number of carboxylic acid groups (broad SMARTS) is 1. The molecule has 0 saturated heterocycles. The van der Waals surface area contributed by atoms with Gasteiger partial charge in [0.25, 0.3) is 5.91 Å². The minimum atomic E-state index is -1.08. The fraction of sp³-hybridized carbons (Fsp3) is 0.308. The zero-order valence-corrected chi connectivity index (χ0v) is 10.5. The molecule has 1 heterocycles. The molecule has 0 saturated carbocycles. The van der Waals surface area contributed by atoms with E-state index in [1.54, 1.807) is 12.1 Å². The van der Waals surface area contributed by atoms with Gasteiger partial charge < -0.3 is 14.9 Å². The highest BCUT2D eigenvalue weighted by Gasteiger charge is 2.29. The quantitative estimate of drug-likeness (QED) is 0.840. The molecule has 6 heteroatoms. The van der Waals surface area contributed by atoms with E-state index in [2.05, 4.69) is 0 Å². The summed E-state index contributed by atoms with van der Waals surface area (Å²) in [5.74, 6) is -1.65. The number of fused-ring (bicyclic) bond motifs is 1. The number of carbonyl (C=O) groups excluding carboxylic acids is 2. The Balaban J connectivity index is 2.01. The maximum Gasteiger partial charge on any atom is 0.323 e. The maximum absolute atomic E-state index is 12.0. The molecular formula is C13H14N2O4. The molecule has 0 unspecified atom stereocenters. The van der Waals surface area contributed by atoms with Gasteiger partial charge in [-0.2, -0.15) is 0 Å². The van der Waals surface area contributed by atoms with Crippen LogP contribution in [0.4, 0.5) is 0 Å². The molecule has 2 amide bonds. The lowest BCUT2D eigenvalue weighted by Gasteiger charge is -2.20. The van der Waals surface area contributed by atoms with Gasteiger partial charge in [0, 0.05) is 19.2 Å². The minimum Gasteiger partial charge on any atom is -0.480 e. The Morgan fingerprint density at radius 2 is 2.05 bits per heavy atom. The van der Waals surface area contributed by atoms with Crippen molar-refractivity contribution in [2.45, 2.75) is 6.54 Å². The van der Waals surface area contributed by atoms with Crippen molar-refractivity contribution in [3.63, 3.8) is 0 Å². The van der Waals surface area contributed by atoms with Crippen LogP contribution in [0.3, 0.4) is 0 Å². The van der Waals surface area contributed by atoms with Crippen LogP contribution < -0.4 is 0 Å². The van der Waals surface area contributed by atoms with Gasteiger partial charge in [-0.05, 0) is 11.6 Å². The van der Waals surface area contributed by atoms with Crippen LogP contribution in [-0.2, 0) is 16.1 Å². The molecule has 0 aromatic heterocycles. The predicted octanol–water partition coefficient (Wildman–Crippen LogP) is 0.185. The number of aliphatic carboxylic acids is 1. The number of carboxylic acids is 1. The van der Waals surface area contributed by atoms with E-state index in [1.165, 1.54) is 11.9 Å². The number of likely N-dealkylation sites (N-methyl/N-ethyl adjacent to an activating group) is 1. The second-order valence-electron chi connectivity index (χ2n) is 4.46. The molecular weight excluding hydrogens is 248 g/mol. The zero-order valence-electron chi connectivity index (χ0n) is 10.5. The molecule has 1 N–H and O–H groups in total. The Kier molecular flexibility index (Phi) is 3.50. The fourth-order valence-corrected chi connectivity index (χ4v) is 2.02. The summed E-state index contributed by atoms with van der Waals surface area (Å²) < 4.78 is 0. The number of hydrogen-bond donors (Lipinski definition) is 1. The van der Waals surface area contributed by atoms with Crippen molar-refractivity contribution < 1.29 is 19.5 Å². The Morgan fingerprint density at radius 3 is 2.68 bits per heavy atom. The number of nitrogens with zero attached hydrogens (tertiary/aromatic N) is 2. The van der Waals surface area contributed by atoms with Crippen molar-refractivity contribution >= 4 is 17.8 Å². The monoisotopic (exact) mass is 262 g/mol. The van der Waals surface area contributed by atoms with Crippen molar-refractivity contribution in [3.8, 4) is 0 Å². The van der Waals surface area contributed by atoms with Crippen LogP contribution in [0.1, 0.15) is 15.9 Å². The third-order valence-corrected chi connectivity index (χ3v) is 3.02. The molecule has 100 valence electrons. The highest BCUT2D eigenvalue weighted by Crippen LogP contribution is 2.21. The summed E-state index contributed by atoms with van der Waals surface area (Å²) in [6.45, 7) is -0.0766. The molecule has 1 aromatic carbocycles. The molecule has 1 aliphatic rings. The van der Waals surface area contributed by atoms with E-state index in [0.717, 1.165) is 10.5 Å². The van der Waals surface area contributed by atoms with Crippen LogP contribution >= 0.6 is 0 Å². The second kappa shape index (κ2) is 5.09. The van der Waals surface area contributed by atoms with Gasteiger partial charge in [-0.25, -0.2) is 0 Å². The van der Waals surface area contributed by atoms with Crippen LogP contribution in [0.2, 0.25) is 0 Å². The SMILES string of the molecule is CN(CC(=O)O)C(=O)CN1Cc2ccccc2C1=O. The van der Waals surface area contributed by atoms with Gasteiger partial charge in [-0.15, -0.1) is 0 Å². The predicted molar refractivity (Wildman–Crippen MR) is 66.5 cm³/mol. The molecule has 6 nitrogen and oxygen atoms in total. The van der Waals surface area contributed by atoms with E-state index in [0.29, 0.717) is 12.1 Å². The van der Waals surface area contributed by atoms with Crippen molar-refractivity contribution in [3.05, 3.63) is 35.4 Å². The van der Waals surface area contributed by atoms with Gasteiger partial charge in [-0.1, -0.05) is 18.2 Å². The van der Waals surface area contributed by atoms with E-state index in [9.17, 15) is 14.4 Å². The van der Waals surface area contributed by atoms with E-state index >= 15 is 0 Å². The molecule has 0 aliphatic carbocycles. The third kappa shape index (κ3) is 2.73. The Hall–Kier alpha value is -2.37. The summed E-state index contributed by atoms with van der Waals surface area (Å²) in [7, 11) is 1.41. The molecule has 1 aromatic rings. The molecule has 0 atom stereocenters. The zero-order chi connectivity index (χ0) is 14.0. The first-order valence-electron chi connectivity index (χ1n) is 5.82. The first kappa shape index (κ1) is 13.1. The van der Waals surface area contributed by atoms with Gasteiger partial charge in [-0.3, -0.25) is 14.4 Å². The van der Waals surface area contributed by atoms with Gasteiger partial charge in [0.15, 0.2) is 0 Å². The Morgan fingerprint density at radius 1 is 1.37 bits per heavy atom. The molecule has 0 spiro atoms. The Bertz CT molecular complexity index is 541. The first-order valence-corrected chi connectivity index (χ1v) is 5.82. The first-order chi connectivity index (χ1) is 8.99. The van der Waals surface area contributed by atoms with Gasteiger partial charge in [0.2, 0.25) is 5.91 Å². The highest BCUT2D eigenvalue weighted by atomic mass is 16.4. The summed E-state index contributed by atoms with van der Waals surface area (Å²) in [5, 5.41) is 8.61. The second-order valence-corrected chi connectivity index (χ2v) is 4.46. The molecule has 0 fully saturated rings. The van der Waals surface area contributed by atoms with E-state index < -0.39 is 5.97 Å².